The number of rotatable bonds is 6. The van der Waals surface area contributed by atoms with Crippen molar-refractivity contribution in [2.75, 3.05) is 13.6 Å². The molecule has 0 spiro atoms. The molecule has 0 aromatic heterocycles. The van der Waals surface area contributed by atoms with Gasteiger partial charge in [0.05, 0.1) is 5.84 Å². The van der Waals surface area contributed by atoms with Gasteiger partial charge in [0.25, 0.3) is 10.2 Å². The molecule has 0 fully saturated rings. The molecule has 0 saturated heterocycles. The van der Waals surface area contributed by atoms with E-state index in [9.17, 15) is 8.42 Å². The van der Waals surface area contributed by atoms with Crippen molar-refractivity contribution in [2.45, 2.75) is 12.8 Å². The first kappa shape index (κ1) is 11.3. The molecule has 7 heteroatoms. The summed E-state index contributed by atoms with van der Waals surface area (Å²) in [6.45, 7) is 0.294. The maximum Gasteiger partial charge on any atom is 0.276 e. The van der Waals surface area contributed by atoms with Gasteiger partial charge in [-0.25, -0.2) is 9.44 Å². The van der Waals surface area contributed by atoms with Gasteiger partial charge in [0.1, 0.15) is 0 Å². The first-order chi connectivity index (χ1) is 5.48. The molecule has 0 bridgehead atoms. The maximum absolute atomic E-state index is 10.7. The van der Waals surface area contributed by atoms with Crippen molar-refractivity contribution >= 4 is 16.0 Å². The Kier molecular flexibility index (Phi) is 4.79. The van der Waals surface area contributed by atoms with Gasteiger partial charge in [-0.2, -0.15) is 8.42 Å². The molecule has 0 unspecified atom stereocenters. The molecule has 0 aliphatic heterocycles. The van der Waals surface area contributed by atoms with E-state index in [1.165, 1.54) is 7.05 Å². The van der Waals surface area contributed by atoms with Gasteiger partial charge in [0.2, 0.25) is 0 Å². The summed E-state index contributed by atoms with van der Waals surface area (Å²) in [7, 11) is -2.00. The summed E-state index contributed by atoms with van der Waals surface area (Å²) in [5.74, 6) is 0.0682. The van der Waals surface area contributed by atoms with Crippen molar-refractivity contribution in [2.24, 2.45) is 5.73 Å². The summed E-state index contributed by atoms with van der Waals surface area (Å²) in [5.41, 5.74) is 5.07. The van der Waals surface area contributed by atoms with E-state index in [1.807, 2.05) is 0 Å². The van der Waals surface area contributed by atoms with Crippen LogP contribution in [0.4, 0.5) is 0 Å². The van der Waals surface area contributed by atoms with Crippen molar-refractivity contribution in [3.05, 3.63) is 0 Å². The zero-order valence-corrected chi connectivity index (χ0v) is 7.74. The summed E-state index contributed by atoms with van der Waals surface area (Å²) in [6.07, 6.45) is 0.947. The second kappa shape index (κ2) is 5.07. The van der Waals surface area contributed by atoms with Crippen molar-refractivity contribution in [1.29, 1.82) is 5.41 Å². The summed E-state index contributed by atoms with van der Waals surface area (Å²) in [5, 5.41) is 6.86. The first-order valence-corrected chi connectivity index (χ1v) is 4.97. The van der Waals surface area contributed by atoms with Crippen molar-refractivity contribution in [3.8, 4) is 0 Å². The van der Waals surface area contributed by atoms with Crippen LogP contribution in [0.15, 0.2) is 0 Å². The zero-order chi connectivity index (χ0) is 9.61. The van der Waals surface area contributed by atoms with Crippen molar-refractivity contribution < 1.29 is 8.42 Å². The van der Waals surface area contributed by atoms with E-state index in [0.29, 0.717) is 19.4 Å². The molecule has 5 N–H and O–H groups in total. The van der Waals surface area contributed by atoms with Crippen LogP contribution in [0.2, 0.25) is 0 Å². The lowest BCUT2D eigenvalue weighted by Gasteiger charge is -2.03. The second-order valence-corrected chi connectivity index (χ2v) is 3.93. The van der Waals surface area contributed by atoms with Crippen molar-refractivity contribution in [1.82, 2.24) is 9.44 Å². The normalized spacial score (nSPS) is 11.4. The van der Waals surface area contributed by atoms with E-state index >= 15 is 0 Å². The summed E-state index contributed by atoms with van der Waals surface area (Å²) in [6, 6.07) is 0. The fourth-order valence-corrected chi connectivity index (χ4v) is 1.11. The van der Waals surface area contributed by atoms with Crippen molar-refractivity contribution in [3.63, 3.8) is 0 Å². The third-order valence-corrected chi connectivity index (χ3v) is 2.31. The SMILES string of the molecule is CNS(=O)(=O)NCCCC(=N)N. The van der Waals surface area contributed by atoms with Crippen LogP contribution in [0, 0.1) is 5.41 Å². The van der Waals surface area contributed by atoms with Gasteiger partial charge in [0.15, 0.2) is 0 Å². The molecular weight excluding hydrogens is 180 g/mol. The molecule has 0 atom stereocenters. The number of hydrogen-bond acceptors (Lipinski definition) is 3. The second-order valence-electron chi connectivity index (χ2n) is 2.23. The highest BCUT2D eigenvalue weighted by molar-refractivity contribution is 7.87. The third-order valence-electron chi connectivity index (χ3n) is 1.18. The van der Waals surface area contributed by atoms with E-state index in [1.54, 1.807) is 0 Å². The molecule has 72 valence electrons. The van der Waals surface area contributed by atoms with Crippen LogP contribution in [-0.4, -0.2) is 27.8 Å². The van der Waals surface area contributed by atoms with E-state index in [4.69, 9.17) is 11.1 Å². The maximum atomic E-state index is 10.7. The third kappa shape index (κ3) is 6.08. The van der Waals surface area contributed by atoms with Gasteiger partial charge in [0, 0.05) is 20.0 Å². The van der Waals surface area contributed by atoms with E-state index < -0.39 is 10.2 Å². The Morgan fingerprint density at radius 1 is 1.58 bits per heavy atom. The molecule has 0 aromatic carbocycles. The molecule has 0 aliphatic carbocycles. The van der Waals surface area contributed by atoms with Gasteiger partial charge in [-0.05, 0) is 6.42 Å². The fourth-order valence-electron chi connectivity index (χ4n) is 0.558. The highest BCUT2D eigenvalue weighted by Gasteiger charge is 2.03. The lowest BCUT2D eigenvalue weighted by Crippen LogP contribution is -2.34. The van der Waals surface area contributed by atoms with Gasteiger partial charge in [-0.1, -0.05) is 0 Å². The minimum absolute atomic E-state index is 0.0682. The molecule has 0 saturated carbocycles. The highest BCUT2D eigenvalue weighted by atomic mass is 32.2. The smallest absolute Gasteiger partial charge is 0.276 e. The Morgan fingerprint density at radius 2 is 2.17 bits per heavy atom. The number of nitrogens with two attached hydrogens (primary N) is 1. The molecular formula is C5H14N4O2S. The summed E-state index contributed by atoms with van der Waals surface area (Å²) >= 11 is 0. The fraction of sp³-hybridized carbons (Fsp3) is 0.800. The zero-order valence-electron chi connectivity index (χ0n) is 6.92. The predicted octanol–water partition coefficient (Wildman–Crippen LogP) is -1.24. The Hall–Kier alpha value is -0.660. The average molecular weight is 194 g/mol. The van der Waals surface area contributed by atoms with Crippen LogP contribution < -0.4 is 15.2 Å². The Bertz CT molecular complexity index is 236. The Labute approximate surface area is 72.2 Å². The minimum Gasteiger partial charge on any atom is -0.388 e. The summed E-state index contributed by atoms with van der Waals surface area (Å²) < 4.78 is 25.9. The molecule has 12 heavy (non-hydrogen) atoms. The molecule has 0 amide bonds. The van der Waals surface area contributed by atoms with Gasteiger partial charge < -0.3 is 5.73 Å². The van der Waals surface area contributed by atoms with Gasteiger partial charge in [-0.3, -0.25) is 5.41 Å². The largest absolute Gasteiger partial charge is 0.388 e. The molecule has 0 aromatic rings. The van der Waals surface area contributed by atoms with E-state index in [2.05, 4.69) is 9.44 Å². The van der Waals surface area contributed by atoms with Crippen LogP contribution in [0.25, 0.3) is 0 Å². The molecule has 6 nitrogen and oxygen atoms in total. The van der Waals surface area contributed by atoms with Crippen LogP contribution in [0.1, 0.15) is 12.8 Å². The summed E-state index contributed by atoms with van der Waals surface area (Å²) in [4.78, 5) is 0. The van der Waals surface area contributed by atoms with E-state index in [-0.39, 0.29) is 5.84 Å². The lowest BCUT2D eigenvalue weighted by atomic mass is 10.3. The van der Waals surface area contributed by atoms with Gasteiger partial charge >= 0.3 is 0 Å². The highest BCUT2D eigenvalue weighted by Crippen LogP contribution is 1.85. The number of hydrogen-bond donors (Lipinski definition) is 4. The van der Waals surface area contributed by atoms with Crippen LogP contribution in [-0.2, 0) is 10.2 Å². The van der Waals surface area contributed by atoms with Crippen LogP contribution in [0.3, 0.4) is 0 Å². The monoisotopic (exact) mass is 194 g/mol. The standard InChI is InChI=1S/C5H14N4O2S/c1-8-12(10,11)9-4-2-3-5(6)7/h8-9H,2-4H2,1H3,(H3,6,7). The minimum atomic E-state index is -3.33. The van der Waals surface area contributed by atoms with Crippen LogP contribution >= 0.6 is 0 Å². The average Bonchev–Trinajstić information content (AvgIpc) is 1.98. The lowest BCUT2D eigenvalue weighted by molar-refractivity contribution is 0.571. The van der Waals surface area contributed by atoms with Gasteiger partial charge in [-0.15, -0.1) is 0 Å². The molecule has 0 radical (unpaired) electrons. The Morgan fingerprint density at radius 3 is 2.58 bits per heavy atom. The molecule has 0 aliphatic rings. The number of amidine groups is 1. The topological polar surface area (TPSA) is 108 Å². The van der Waals surface area contributed by atoms with E-state index in [0.717, 1.165) is 0 Å². The molecule has 0 heterocycles. The predicted molar refractivity (Wildman–Crippen MR) is 47.1 cm³/mol. The quantitative estimate of drug-likeness (QED) is 0.241. The molecule has 0 rings (SSSR count). The number of nitrogens with one attached hydrogen (secondary N) is 3. The first-order valence-electron chi connectivity index (χ1n) is 3.49. The van der Waals surface area contributed by atoms with Crippen LogP contribution in [0.5, 0.6) is 0 Å². The Balaban J connectivity index is 3.51.